The summed E-state index contributed by atoms with van der Waals surface area (Å²) in [5, 5.41) is 0. The van der Waals surface area contributed by atoms with Gasteiger partial charge in [0.1, 0.15) is 5.56 Å². The third-order valence-corrected chi connectivity index (χ3v) is 2.60. The quantitative estimate of drug-likeness (QED) is 0.791. The van der Waals surface area contributed by atoms with E-state index in [-0.39, 0.29) is 11.3 Å². The van der Waals surface area contributed by atoms with E-state index in [2.05, 4.69) is 19.4 Å². The summed E-state index contributed by atoms with van der Waals surface area (Å²) in [6, 6.07) is 9.10. The van der Waals surface area contributed by atoms with Crippen LogP contribution in [0.5, 0.6) is 0 Å². The van der Waals surface area contributed by atoms with E-state index in [0.717, 1.165) is 5.56 Å². The number of nitrogens with zero attached hydrogens (tertiary/aromatic N) is 2. The molecule has 1 aromatic heterocycles. The Bertz CT molecular complexity index is 641. The lowest BCUT2D eigenvalue weighted by Crippen LogP contribution is -2.15. The van der Waals surface area contributed by atoms with Gasteiger partial charge in [-0.25, -0.2) is 19.6 Å². The minimum absolute atomic E-state index is 0.0287. The van der Waals surface area contributed by atoms with Crippen molar-refractivity contribution in [2.45, 2.75) is 0 Å². The fourth-order valence-electron chi connectivity index (χ4n) is 1.62. The summed E-state index contributed by atoms with van der Waals surface area (Å²) < 4.78 is 9.22. The molecule has 0 N–H and O–H groups in total. The van der Waals surface area contributed by atoms with Gasteiger partial charge in [-0.1, -0.05) is 30.3 Å². The molecule has 6 nitrogen and oxygen atoms in total. The number of aromatic nitrogens is 2. The number of ether oxygens (including phenoxy) is 2. The van der Waals surface area contributed by atoms with Crippen LogP contribution in [0, 0.1) is 0 Å². The van der Waals surface area contributed by atoms with Crippen LogP contribution in [0.1, 0.15) is 20.8 Å². The molecule has 1 aromatic carbocycles. The van der Waals surface area contributed by atoms with Crippen LogP contribution in [0.4, 0.5) is 0 Å². The average Bonchev–Trinajstić information content (AvgIpc) is 2.53. The normalized spacial score (nSPS) is 9.90. The molecule has 0 aliphatic carbocycles. The number of rotatable bonds is 3. The zero-order chi connectivity index (χ0) is 14.5. The van der Waals surface area contributed by atoms with Gasteiger partial charge in [-0.3, -0.25) is 0 Å². The van der Waals surface area contributed by atoms with E-state index in [4.69, 9.17) is 0 Å². The second-order valence-electron chi connectivity index (χ2n) is 3.81. The maximum atomic E-state index is 11.7. The van der Waals surface area contributed by atoms with Gasteiger partial charge in [0, 0.05) is 11.8 Å². The molecule has 0 saturated carbocycles. The molecule has 0 unspecified atom stereocenters. The van der Waals surface area contributed by atoms with Crippen LogP contribution in [-0.2, 0) is 9.47 Å². The number of hydrogen-bond donors (Lipinski definition) is 0. The Labute approximate surface area is 115 Å². The van der Waals surface area contributed by atoms with Gasteiger partial charge < -0.3 is 9.47 Å². The summed E-state index contributed by atoms with van der Waals surface area (Å²) in [6.45, 7) is 0. The van der Waals surface area contributed by atoms with E-state index in [1.807, 2.05) is 18.2 Å². The van der Waals surface area contributed by atoms with Crippen LogP contribution in [-0.4, -0.2) is 36.1 Å². The van der Waals surface area contributed by atoms with E-state index in [1.165, 1.54) is 20.4 Å². The van der Waals surface area contributed by atoms with Crippen LogP contribution in [0.2, 0.25) is 0 Å². The smallest absolute Gasteiger partial charge is 0.357 e. The maximum Gasteiger partial charge on any atom is 0.357 e. The zero-order valence-corrected chi connectivity index (χ0v) is 11.0. The van der Waals surface area contributed by atoms with Gasteiger partial charge in [0.05, 0.1) is 14.2 Å². The molecule has 1 heterocycles. The first-order valence-corrected chi connectivity index (χ1v) is 5.76. The molecule has 6 heteroatoms. The standard InChI is InChI=1S/C14H12N2O4/c1-19-13(17)10-8-15-12(9-6-4-3-5-7-9)16-11(10)14(18)20-2/h3-8H,1-2H3. The highest BCUT2D eigenvalue weighted by molar-refractivity contribution is 6.01. The molecule has 0 fully saturated rings. The van der Waals surface area contributed by atoms with Crippen molar-refractivity contribution in [1.29, 1.82) is 0 Å². The fraction of sp³-hybridized carbons (Fsp3) is 0.143. The lowest BCUT2D eigenvalue weighted by molar-refractivity contribution is 0.0549. The van der Waals surface area contributed by atoms with Crippen LogP contribution < -0.4 is 0 Å². The molecular weight excluding hydrogens is 260 g/mol. The van der Waals surface area contributed by atoms with Crippen molar-refractivity contribution in [3.63, 3.8) is 0 Å². The Morgan fingerprint density at radius 2 is 1.65 bits per heavy atom. The highest BCUT2D eigenvalue weighted by Gasteiger charge is 2.21. The average molecular weight is 272 g/mol. The molecule has 2 aromatic rings. The minimum atomic E-state index is -0.718. The molecule has 0 bridgehead atoms. The summed E-state index contributed by atoms with van der Waals surface area (Å²) in [5.41, 5.74) is 0.585. The minimum Gasteiger partial charge on any atom is -0.465 e. The summed E-state index contributed by atoms with van der Waals surface area (Å²) in [5.74, 6) is -1.08. The van der Waals surface area contributed by atoms with Crippen molar-refractivity contribution < 1.29 is 19.1 Å². The second kappa shape index (κ2) is 5.92. The first-order chi connectivity index (χ1) is 9.67. The zero-order valence-electron chi connectivity index (χ0n) is 11.0. The molecule has 0 saturated heterocycles. The Kier molecular flexibility index (Phi) is 4.05. The fourth-order valence-corrected chi connectivity index (χ4v) is 1.62. The van der Waals surface area contributed by atoms with Crippen molar-refractivity contribution in [1.82, 2.24) is 9.97 Å². The highest BCUT2D eigenvalue weighted by atomic mass is 16.5. The highest BCUT2D eigenvalue weighted by Crippen LogP contribution is 2.17. The molecule has 0 aliphatic heterocycles. The van der Waals surface area contributed by atoms with Gasteiger partial charge in [-0.2, -0.15) is 0 Å². The largest absolute Gasteiger partial charge is 0.465 e. The first kappa shape index (κ1) is 13.7. The summed E-state index contributed by atoms with van der Waals surface area (Å²) in [7, 11) is 2.43. The van der Waals surface area contributed by atoms with E-state index in [0.29, 0.717) is 5.82 Å². The van der Waals surface area contributed by atoms with Crippen molar-refractivity contribution >= 4 is 11.9 Å². The Morgan fingerprint density at radius 3 is 2.25 bits per heavy atom. The molecule has 0 atom stereocenters. The van der Waals surface area contributed by atoms with E-state index >= 15 is 0 Å². The van der Waals surface area contributed by atoms with Crippen molar-refractivity contribution in [3.05, 3.63) is 47.8 Å². The van der Waals surface area contributed by atoms with Crippen LogP contribution in [0.15, 0.2) is 36.5 Å². The van der Waals surface area contributed by atoms with Gasteiger partial charge in [0.25, 0.3) is 0 Å². The molecule has 0 amide bonds. The number of esters is 2. The number of hydrogen-bond acceptors (Lipinski definition) is 6. The number of carbonyl (C=O) groups excluding carboxylic acids is 2. The molecule has 20 heavy (non-hydrogen) atoms. The van der Waals surface area contributed by atoms with Crippen molar-refractivity contribution in [2.24, 2.45) is 0 Å². The third-order valence-electron chi connectivity index (χ3n) is 2.60. The second-order valence-corrected chi connectivity index (χ2v) is 3.81. The Hall–Kier alpha value is -2.76. The number of methoxy groups -OCH3 is 2. The molecule has 102 valence electrons. The summed E-state index contributed by atoms with van der Waals surface area (Å²) in [6.07, 6.45) is 1.26. The summed E-state index contributed by atoms with van der Waals surface area (Å²) >= 11 is 0. The van der Waals surface area contributed by atoms with Crippen molar-refractivity contribution in [3.8, 4) is 11.4 Å². The Morgan fingerprint density at radius 1 is 1.00 bits per heavy atom. The Balaban J connectivity index is 2.54. The summed E-state index contributed by atoms with van der Waals surface area (Å²) in [4.78, 5) is 31.5. The van der Waals surface area contributed by atoms with Gasteiger partial charge in [-0.15, -0.1) is 0 Å². The van der Waals surface area contributed by atoms with Gasteiger partial charge in [-0.05, 0) is 0 Å². The molecule has 0 radical (unpaired) electrons. The van der Waals surface area contributed by atoms with E-state index in [9.17, 15) is 9.59 Å². The molecule has 0 aliphatic rings. The maximum absolute atomic E-state index is 11.7. The number of benzene rings is 1. The van der Waals surface area contributed by atoms with Crippen LogP contribution in [0.3, 0.4) is 0 Å². The van der Waals surface area contributed by atoms with Crippen molar-refractivity contribution in [2.75, 3.05) is 14.2 Å². The lowest BCUT2D eigenvalue weighted by Gasteiger charge is -2.07. The number of carbonyl (C=O) groups is 2. The van der Waals surface area contributed by atoms with E-state index < -0.39 is 11.9 Å². The van der Waals surface area contributed by atoms with Gasteiger partial charge in [0.15, 0.2) is 11.5 Å². The topological polar surface area (TPSA) is 78.4 Å². The first-order valence-electron chi connectivity index (χ1n) is 5.76. The lowest BCUT2D eigenvalue weighted by atomic mass is 10.2. The van der Waals surface area contributed by atoms with Gasteiger partial charge in [0.2, 0.25) is 0 Å². The van der Waals surface area contributed by atoms with Crippen LogP contribution in [0.25, 0.3) is 11.4 Å². The predicted octanol–water partition coefficient (Wildman–Crippen LogP) is 1.72. The van der Waals surface area contributed by atoms with Gasteiger partial charge >= 0.3 is 11.9 Å². The third kappa shape index (κ3) is 2.64. The van der Waals surface area contributed by atoms with Crippen LogP contribution >= 0.6 is 0 Å². The SMILES string of the molecule is COC(=O)c1cnc(-c2ccccc2)nc1C(=O)OC. The predicted molar refractivity (Wildman–Crippen MR) is 70.1 cm³/mol. The monoisotopic (exact) mass is 272 g/mol. The molecule has 2 rings (SSSR count). The molecule has 0 spiro atoms. The molecular formula is C14H12N2O4. The van der Waals surface area contributed by atoms with E-state index in [1.54, 1.807) is 12.1 Å².